The van der Waals surface area contributed by atoms with Gasteiger partial charge in [0.2, 0.25) is 0 Å². The van der Waals surface area contributed by atoms with Crippen molar-refractivity contribution in [1.82, 2.24) is 0 Å². The summed E-state index contributed by atoms with van der Waals surface area (Å²) in [6.07, 6.45) is 7.28. The predicted octanol–water partition coefficient (Wildman–Crippen LogP) is 3.65. The molecule has 76 valence electrons. The molecule has 0 unspecified atom stereocenters. The molecule has 0 spiro atoms. The van der Waals surface area contributed by atoms with E-state index in [0.717, 1.165) is 4.22 Å². The van der Waals surface area contributed by atoms with E-state index >= 15 is 0 Å². The van der Waals surface area contributed by atoms with Crippen LogP contribution in [-0.2, 0) is 22.9 Å². The molecule has 1 aliphatic carbocycles. The maximum absolute atomic E-state index is 5.21. The maximum atomic E-state index is 5.21. The first-order valence-electron chi connectivity index (χ1n) is 3.72. The number of hydrogen-bond acceptors (Lipinski definition) is 1. The molecule has 1 saturated carbocycles. The van der Waals surface area contributed by atoms with Crippen LogP contribution in [0.4, 0.5) is 0 Å². The van der Waals surface area contributed by atoms with E-state index in [1.54, 1.807) is 0 Å². The van der Waals surface area contributed by atoms with Gasteiger partial charge in [-0.3, -0.25) is 0 Å². The van der Waals surface area contributed by atoms with E-state index in [4.69, 9.17) is 3.32 Å². The van der Waals surface area contributed by atoms with Crippen molar-refractivity contribution in [2.45, 2.75) is 36.3 Å². The standard InChI is InChI=1S/C6H11.CH3O.3ClH.Ti/c1-2-4-6-5-3-1;1-2;;;;/h1H,2-6H2;1H3;3*1H;/q;-1;;;;+1. The molecule has 0 heterocycles. The molecule has 0 radical (unpaired) electrons. The minimum Gasteiger partial charge on any atom is -0.147 e. The van der Waals surface area contributed by atoms with Gasteiger partial charge in [-0.25, -0.2) is 0 Å². The van der Waals surface area contributed by atoms with E-state index in [9.17, 15) is 0 Å². The van der Waals surface area contributed by atoms with Crippen LogP contribution in [0.3, 0.4) is 0 Å². The van der Waals surface area contributed by atoms with Gasteiger partial charge in [0, 0.05) is 0 Å². The predicted molar refractivity (Wildman–Crippen MR) is 55.6 cm³/mol. The van der Waals surface area contributed by atoms with Gasteiger partial charge >= 0.3 is 66.3 Å². The van der Waals surface area contributed by atoms with Crippen molar-refractivity contribution < 1.29 is 22.9 Å². The molecule has 0 atom stereocenters. The van der Waals surface area contributed by atoms with E-state index in [-0.39, 0.29) is 56.8 Å². The number of halogens is 3. The van der Waals surface area contributed by atoms with Gasteiger partial charge in [0.25, 0.3) is 0 Å². The average molecular weight is 271 g/mol. The number of hydrogen-bond donors (Lipinski definition) is 0. The summed E-state index contributed by atoms with van der Waals surface area (Å²) in [5, 5.41) is 0. The van der Waals surface area contributed by atoms with Crippen LogP contribution in [0.2, 0.25) is 4.22 Å². The van der Waals surface area contributed by atoms with E-state index in [1.165, 1.54) is 32.1 Å². The zero-order valence-corrected chi connectivity index (χ0v) is 11.3. The van der Waals surface area contributed by atoms with Crippen molar-refractivity contribution in [2.75, 3.05) is 7.11 Å². The second kappa shape index (κ2) is 12.5. The summed E-state index contributed by atoms with van der Waals surface area (Å²) in [5.41, 5.74) is 0. The molecule has 0 saturated heterocycles. The summed E-state index contributed by atoms with van der Waals surface area (Å²) < 4.78 is 6.21. The van der Waals surface area contributed by atoms with Crippen LogP contribution in [0.25, 0.3) is 0 Å². The summed E-state index contributed by atoms with van der Waals surface area (Å²) in [6, 6.07) is 0. The fourth-order valence-corrected chi connectivity index (χ4v) is 2.91. The summed E-state index contributed by atoms with van der Waals surface area (Å²) in [7, 11) is 1.86. The zero-order valence-electron chi connectivity index (χ0n) is 7.25. The van der Waals surface area contributed by atoms with Gasteiger partial charge in [0.1, 0.15) is 0 Å². The van der Waals surface area contributed by atoms with Crippen molar-refractivity contribution in [1.29, 1.82) is 0 Å². The molecule has 0 aliphatic heterocycles. The molecule has 1 aliphatic rings. The van der Waals surface area contributed by atoms with E-state index in [0.29, 0.717) is 0 Å². The van der Waals surface area contributed by atoms with Gasteiger partial charge in [-0.2, -0.15) is 0 Å². The Hall–Kier alpha value is 1.54. The Bertz CT molecular complexity index is 76.3. The minimum absolute atomic E-state index is 0. The van der Waals surface area contributed by atoms with Gasteiger partial charge in [-0.15, -0.1) is 37.2 Å². The Kier molecular flexibility index (Phi) is 20.0. The molecule has 5 heteroatoms. The van der Waals surface area contributed by atoms with Crippen molar-refractivity contribution in [2.24, 2.45) is 0 Å². The fourth-order valence-electron chi connectivity index (χ4n) is 1.39. The molecule has 0 aromatic heterocycles. The van der Waals surface area contributed by atoms with Crippen LogP contribution in [0.5, 0.6) is 0 Å². The van der Waals surface area contributed by atoms with Crippen LogP contribution < -0.4 is 0 Å². The second-order valence-electron chi connectivity index (χ2n) is 2.66. The van der Waals surface area contributed by atoms with E-state index < -0.39 is 0 Å². The molecule has 0 N–H and O–H groups in total. The minimum atomic E-state index is -0.0131. The Morgan fingerprint density at radius 2 is 1.50 bits per heavy atom. The third kappa shape index (κ3) is 8.16. The monoisotopic (exact) mass is 270 g/mol. The third-order valence-corrected chi connectivity index (χ3v) is 3.68. The first-order chi connectivity index (χ1) is 4.43. The van der Waals surface area contributed by atoms with Crippen LogP contribution >= 0.6 is 37.2 Å². The van der Waals surface area contributed by atoms with Crippen molar-refractivity contribution in [3.8, 4) is 0 Å². The fraction of sp³-hybridized carbons (Fsp3) is 1.00. The molecular weight excluding hydrogens is 254 g/mol. The van der Waals surface area contributed by atoms with Crippen LogP contribution in [0.1, 0.15) is 32.1 Å². The van der Waals surface area contributed by atoms with Gasteiger partial charge in [-0.05, 0) is 0 Å². The van der Waals surface area contributed by atoms with Crippen molar-refractivity contribution in [3.05, 3.63) is 0 Å². The molecule has 0 aromatic rings. The molecule has 1 nitrogen and oxygen atoms in total. The summed E-state index contributed by atoms with van der Waals surface area (Å²) in [4.78, 5) is 0. The zero-order chi connectivity index (χ0) is 6.53. The van der Waals surface area contributed by atoms with Gasteiger partial charge in [0.05, 0.1) is 0 Å². The Morgan fingerprint density at radius 3 is 1.92 bits per heavy atom. The quantitative estimate of drug-likeness (QED) is 0.697. The van der Waals surface area contributed by atoms with Crippen molar-refractivity contribution in [3.63, 3.8) is 0 Å². The first kappa shape index (κ1) is 19.2. The maximum Gasteiger partial charge on any atom is -0.147 e. The largest absolute Gasteiger partial charge is 0.147 e. The molecule has 0 aromatic carbocycles. The Morgan fingerprint density at radius 1 is 1.00 bits per heavy atom. The topological polar surface area (TPSA) is 9.23 Å². The van der Waals surface area contributed by atoms with E-state index in [1.807, 2.05) is 7.11 Å². The summed E-state index contributed by atoms with van der Waals surface area (Å²) in [6.45, 7) is 0. The summed E-state index contributed by atoms with van der Waals surface area (Å²) in [5.74, 6) is 0. The average Bonchev–Trinajstić information content (AvgIpc) is 1.91. The molecule has 0 bridgehead atoms. The van der Waals surface area contributed by atoms with Crippen LogP contribution in [-0.4, -0.2) is 7.11 Å². The van der Waals surface area contributed by atoms with Gasteiger partial charge in [-0.1, -0.05) is 0 Å². The molecule has 12 heavy (non-hydrogen) atoms. The first-order valence-corrected chi connectivity index (χ1v) is 5.26. The normalized spacial score (nSPS) is 16.4. The Labute approximate surface area is 103 Å². The molecule has 1 rings (SSSR count). The van der Waals surface area contributed by atoms with Gasteiger partial charge in [0.15, 0.2) is 0 Å². The van der Waals surface area contributed by atoms with Crippen molar-refractivity contribution >= 4 is 37.2 Å². The number of rotatable bonds is 2. The molecular formula is C7H17Cl3OTi. The van der Waals surface area contributed by atoms with Gasteiger partial charge < -0.3 is 0 Å². The third-order valence-electron chi connectivity index (χ3n) is 1.89. The second-order valence-corrected chi connectivity index (χ2v) is 4.94. The Balaban J connectivity index is -0.000000270. The smallest absolute Gasteiger partial charge is 0.147 e. The van der Waals surface area contributed by atoms with Crippen LogP contribution in [0.15, 0.2) is 0 Å². The summed E-state index contributed by atoms with van der Waals surface area (Å²) >= 11 is -0.0131. The molecule has 0 amide bonds. The SMILES string of the molecule is C[O][Ti][CH]1CCCCC1.Cl.Cl.Cl. The van der Waals surface area contributed by atoms with E-state index in [2.05, 4.69) is 0 Å². The van der Waals surface area contributed by atoms with Crippen LogP contribution in [0, 0.1) is 0 Å². The molecule has 1 fully saturated rings.